The molecule has 0 aromatic heterocycles. The molecule has 0 unspecified atom stereocenters. The van der Waals surface area contributed by atoms with Crippen molar-refractivity contribution in [2.45, 2.75) is 6.42 Å². The molecule has 4 heteroatoms. The second kappa shape index (κ2) is 3.20. The predicted octanol–water partition coefficient (Wildman–Crippen LogP) is -0.399. The Balaban J connectivity index is 2.39. The molecule has 1 aliphatic rings. The van der Waals surface area contributed by atoms with Gasteiger partial charge in [-0.15, -0.1) is 0 Å². The van der Waals surface area contributed by atoms with Gasteiger partial charge in [-0.3, -0.25) is 0 Å². The van der Waals surface area contributed by atoms with Gasteiger partial charge in [-0.1, -0.05) is 0 Å². The zero-order chi connectivity index (χ0) is 7.40. The lowest BCUT2D eigenvalue weighted by Gasteiger charge is -2.25. The molecule has 56 valence electrons. The van der Waals surface area contributed by atoms with Gasteiger partial charge >= 0.3 is 6.03 Å². The number of nitrogens with zero attached hydrogens (tertiary/aromatic N) is 1. The highest BCUT2D eigenvalue weighted by Gasteiger charge is 2.15. The average molecular weight is 142 g/mol. The number of carbonyl (C=O) groups is 2. The molecule has 1 saturated heterocycles. The summed E-state index contributed by atoms with van der Waals surface area (Å²) in [6.07, 6.45) is 1.67. The van der Waals surface area contributed by atoms with Gasteiger partial charge < -0.3 is 15.0 Å². The average Bonchev–Trinajstić information content (AvgIpc) is 1.94. The fourth-order valence-electron chi connectivity index (χ4n) is 0.943. The summed E-state index contributed by atoms with van der Waals surface area (Å²) in [5.74, 6) is 0. The molecule has 0 radical (unpaired) electrons. The lowest BCUT2D eigenvalue weighted by atomic mass is 10.3. The van der Waals surface area contributed by atoms with E-state index in [1.165, 1.54) is 4.90 Å². The highest BCUT2D eigenvalue weighted by molar-refractivity contribution is 5.77. The number of aldehydes is 1. The third kappa shape index (κ3) is 1.46. The monoisotopic (exact) mass is 142 g/mol. The molecule has 0 saturated carbocycles. The van der Waals surface area contributed by atoms with E-state index in [1.54, 1.807) is 0 Å². The van der Waals surface area contributed by atoms with E-state index in [4.69, 9.17) is 0 Å². The van der Waals surface area contributed by atoms with Crippen LogP contribution in [0.25, 0.3) is 0 Å². The molecule has 0 atom stereocenters. The SMILES string of the molecule is O=CCN1CCCNC1=O. The molecule has 0 aromatic carbocycles. The molecule has 1 heterocycles. The molecule has 2 amide bonds. The Morgan fingerprint density at radius 1 is 1.70 bits per heavy atom. The van der Waals surface area contributed by atoms with Crippen LogP contribution in [0.1, 0.15) is 6.42 Å². The maximum absolute atomic E-state index is 10.8. The van der Waals surface area contributed by atoms with Crippen molar-refractivity contribution in [2.24, 2.45) is 0 Å². The van der Waals surface area contributed by atoms with Crippen molar-refractivity contribution >= 4 is 12.3 Å². The molecule has 0 aliphatic carbocycles. The Morgan fingerprint density at radius 2 is 2.50 bits per heavy atom. The molecule has 0 bridgehead atoms. The van der Waals surface area contributed by atoms with E-state index in [-0.39, 0.29) is 12.6 Å². The number of carbonyl (C=O) groups excluding carboxylic acids is 2. The third-order valence-electron chi connectivity index (χ3n) is 1.46. The number of rotatable bonds is 2. The van der Waals surface area contributed by atoms with Crippen LogP contribution in [0.15, 0.2) is 0 Å². The van der Waals surface area contributed by atoms with Crippen molar-refractivity contribution in [2.75, 3.05) is 19.6 Å². The maximum Gasteiger partial charge on any atom is 0.317 e. The van der Waals surface area contributed by atoms with Gasteiger partial charge in [-0.25, -0.2) is 4.79 Å². The van der Waals surface area contributed by atoms with E-state index < -0.39 is 0 Å². The van der Waals surface area contributed by atoms with Crippen LogP contribution in [-0.4, -0.2) is 36.9 Å². The Hall–Kier alpha value is -1.06. The number of amides is 2. The molecular formula is C6H10N2O2. The van der Waals surface area contributed by atoms with Crippen molar-refractivity contribution in [3.63, 3.8) is 0 Å². The fraction of sp³-hybridized carbons (Fsp3) is 0.667. The van der Waals surface area contributed by atoms with E-state index >= 15 is 0 Å². The summed E-state index contributed by atoms with van der Waals surface area (Å²) in [6.45, 7) is 1.64. The first-order chi connectivity index (χ1) is 4.84. The van der Waals surface area contributed by atoms with E-state index in [1.807, 2.05) is 0 Å². The van der Waals surface area contributed by atoms with Crippen molar-refractivity contribution in [1.82, 2.24) is 10.2 Å². The predicted molar refractivity (Wildman–Crippen MR) is 35.7 cm³/mol. The molecule has 10 heavy (non-hydrogen) atoms. The van der Waals surface area contributed by atoms with Crippen molar-refractivity contribution < 1.29 is 9.59 Å². The van der Waals surface area contributed by atoms with E-state index in [0.717, 1.165) is 19.3 Å². The highest BCUT2D eigenvalue weighted by Crippen LogP contribution is 1.96. The third-order valence-corrected chi connectivity index (χ3v) is 1.46. The van der Waals surface area contributed by atoms with Gasteiger partial charge in [0.1, 0.15) is 6.29 Å². The zero-order valence-corrected chi connectivity index (χ0v) is 5.67. The Bertz CT molecular complexity index is 147. The number of nitrogens with one attached hydrogen (secondary N) is 1. The lowest BCUT2D eigenvalue weighted by Crippen LogP contribution is -2.46. The van der Waals surface area contributed by atoms with Gasteiger partial charge in [0.25, 0.3) is 0 Å². The van der Waals surface area contributed by atoms with Crippen LogP contribution in [-0.2, 0) is 4.79 Å². The second-order valence-electron chi connectivity index (χ2n) is 2.20. The minimum atomic E-state index is -0.127. The molecule has 4 nitrogen and oxygen atoms in total. The number of urea groups is 1. The molecule has 1 aliphatic heterocycles. The first-order valence-electron chi connectivity index (χ1n) is 3.31. The van der Waals surface area contributed by atoms with Gasteiger partial charge in [-0.05, 0) is 6.42 Å². The summed E-state index contributed by atoms with van der Waals surface area (Å²) in [7, 11) is 0. The van der Waals surface area contributed by atoms with E-state index in [9.17, 15) is 9.59 Å². The van der Waals surface area contributed by atoms with Gasteiger partial charge in [0.05, 0.1) is 6.54 Å². The van der Waals surface area contributed by atoms with Crippen molar-refractivity contribution in [3.8, 4) is 0 Å². The molecule has 0 spiro atoms. The van der Waals surface area contributed by atoms with E-state index in [2.05, 4.69) is 5.32 Å². The van der Waals surface area contributed by atoms with Crippen molar-refractivity contribution in [1.29, 1.82) is 0 Å². The lowest BCUT2D eigenvalue weighted by molar-refractivity contribution is -0.108. The molecule has 0 aromatic rings. The molecular weight excluding hydrogens is 132 g/mol. The fourth-order valence-corrected chi connectivity index (χ4v) is 0.943. The molecule has 1 N–H and O–H groups in total. The first kappa shape index (κ1) is 7.05. The van der Waals surface area contributed by atoms with Gasteiger partial charge in [0.15, 0.2) is 0 Å². The summed E-state index contributed by atoms with van der Waals surface area (Å²) in [4.78, 5) is 22.3. The summed E-state index contributed by atoms with van der Waals surface area (Å²) < 4.78 is 0. The summed E-state index contributed by atoms with van der Waals surface area (Å²) in [5, 5.41) is 2.64. The summed E-state index contributed by atoms with van der Waals surface area (Å²) in [5.41, 5.74) is 0. The van der Waals surface area contributed by atoms with Crippen LogP contribution in [0.3, 0.4) is 0 Å². The largest absolute Gasteiger partial charge is 0.338 e. The first-order valence-corrected chi connectivity index (χ1v) is 3.31. The maximum atomic E-state index is 10.8. The van der Waals surface area contributed by atoms with Crippen LogP contribution in [0.2, 0.25) is 0 Å². The van der Waals surface area contributed by atoms with Crippen LogP contribution < -0.4 is 5.32 Å². The molecule has 1 fully saturated rings. The van der Waals surface area contributed by atoms with Crippen LogP contribution in [0.4, 0.5) is 4.79 Å². The minimum Gasteiger partial charge on any atom is -0.338 e. The van der Waals surface area contributed by atoms with Gasteiger partial charge in [0, 0.05) is 13.1 Å². The van der Waals surface area contributed by atoms with Crippen LogP contribution in [0, 0.1) is 0 Å². The smallest absolute Gasteiger partial charge is 0.317 e. The van der Waals surface area contributed by atoms with Crippen LogP contribution in [0.5, 0.6) is 0 Å². The van der Waals surface area contributed by atoms with Gasteiger partial charge in [0.2, 0.25) is 0 Å². The summed E-state index contributed by atoms with van der Waals surface area (Å²) in [6, 6.07) is -0.127. The van der Waals surface area contributed by atoms with Crippen LogP contribution >= 0.6 is 0 Å². The minimum absolute atomic E-state index is 0.127. The van der Waals surface area contributed by atoms with Crippen molar-refractivity contribution in [3.05, 3.63) is 0 Å². The Kier molecular flexibility index (Phi) is 2.25. The Morgan fingerprint density at radius 3 is 3.10 bits per heavy atom. The van der Waals surface area contributed by atoms with Gasteiger partial charge in [-0.2, -0.15) is 0 Å². The molecule has 1 rings (SSSR count). The number of hydrogen-bond donors (Lipinski definition) is 1. The zero-order valence-electron chi connectivity index (χ0n) is 5.67. The second-order valence-corrected chi connectivity index (χ2v) is 2.20. The standard InChI is InChI=1S/C6H10N2O2/c9-5-4-8-3-1-2-7-6(8)10/h5H,1-4H2,(H,7,10). The summed E-state index contributed by atoms with van der Waals surface area (Å²) >= 11 is 0. The van der Waals surface area contributed by atoms with E-state index in [0.29, 0.717) is 6.54 Å². The number of hydrogen-bond acceptors (Lipinski definition) is 2. The highest BCUT2D eigenvalue weighted by atomic mass is 16.2. The Labute approximate surface area is 59.2 Å². The normalized spacial score (nSPS) is 18.4. The topological polar surface area (TPSA) is 49.4 Å². The quantitative estimate of drug-likeness (QED) is 0.533.